The Bertz CT molecular complexity index is 3010. The van der Waals surface area contributed by atoms with E-state index in [9.17, 15) is 20.4 Å². The smallest absolute Gasteiger partial charge is 0.284 e. The molecule has 2 aromatic heterocycles. The molecule has 0 fully saturated rings. The van der Waals surface area contributed by atoms with Crippen molar-refractivity contribution in [2.24, 2.45) is 23.7 Å². The van der Waals surface area contributed by atoms with Crippen molar-refractivity contribution in [1.29, 1.82) is 0 Å². The first-order valence-electron chi connectivity index (χ1n) is 25.3. The molecule has 3 aliphatic rings. The maximum atomic E-state index is 12.6. The van der Waals surface area contributed by atoms with E-state index in [0.29, 0.717) is 93.0 Å². The van der Waals surface area contributed by atoms with Crippen LogP contribution in [0.15, 0.2) is 97.1 Å². The summed E-state index contributed by atoms with van der Waals surface area (Å²) in [5, 5.41) is 50.3. The summed E-state index contributed by atoms with van der Waals surface area (Å²) < 4.78 is 27.3. The van der Waals surface area contributed by atoms with Crippen molar-refractivity contribution in [2.75, 3.05) is 0 Å². The van der Waals surface area contributed by atoms with E-state index in [4.69, 9.17) is 38.9 Å². The second-order valence-electron chi connectivity index (χ2n) is 21.6. The average molecular weight is 965 g/mol. The number of nitrogens with zero attached hydrogens (tertiary/aromatic N) is 4. The third-order valence-electron chi connectivity index (χ3n) is 14.3. The van der Waals surface area contributed by atoms with Gasteiger partial charge < -0.3 is 39.4 Å². The van der Waals surface area contributed by atoms with Crippen LogP contribution in [0.5, 0.6) is 69.5 Å². The molecule has 0 unspecified atom stereocenters. The van der Waals surface area contributed by atoms with Crippen LogP contribution in [-0.4, -0.2) is 40.4 Å². The second kappa shape index (κ2) is 18.2. The molecule has 11 rings (SSSR count). The summed E-state index contributed by atoms with van der Waals surface area (Å²) in [6, 6.07) is 29.7. The molecule has 4 N–H and O–H groups in total. The number of fused-ring (bicyclic) bond motifs is 8. The van der Waals surface area contributed by atoms with E-state index in [1.165, 1.54) is 0 Å². The minimum Gasteiger partial charge on any atom is -0.508 e. The first kappa shape index (κ1) is 46.8. The highest BCUT2D eigenvalue weighted by Gasteiger charge is 2.37. The van der Waals surface area contributed by atoms with E-state index in [-0.39, 0.29) is 70.2 Å². The van der Waals surface area contributed by atoms with Crippen LogP contribution in [0.3, 0.4) is 0 Å². The Morgan fingerprint density at radius 1 is 0.333 bits per heavy atom. The van der Waals surface area contributed by atoms with Crippen LogP contribution in [0.4, 0.5) is 0 Å². The molecule has 0 saturated carbocycles. The van der Waals surface area contributed by atoms with Gasteiger partial charge in [0.25, 0.3) is 23.5 Å². The summed E-state index contributed by atoms with van der Waals surface area (Å²) in [6.45, 7) is 17.2. The van der Waals surface area contributed by atoms with E-state index < -0.39 is 23.7 Å². The van der Waals surface area contributed by atoms with Crippen LogP contribution in [0, 0.1) is 23.7 Å². The molecule has 1 aliphatic carbocycles. The molecule has 0 atom stereocenters. The number of aromatic hydroxyl groups is 4. The first-order chi connectivity index (χ1) is 34.6. The first-order valence-corrected chi connectivity index (χ1v) is 25.3. The van der Waals surface area contributed by atoms with Gasteiger partial charge in [-0.15, -0.1) is 0 Å². The summed E-state index contributed by atoms with van der Waals surface area (Å²) in [4.78, 5) is 19.7. The Kier molecular flexibility index (Phi) is 11.8. The van der Waals surface area contributed by atoms with Gasteiger partial charge in [0.1, 0.15) is 46.0 Å². The lowest BCUT2D eigenvalue weighted by molar-refractivity contribution is 0.386. The largest absolute Gasteiger partial charge is 0.508 e. The highest BCUT2D eigenvalue weighted by Crippen LogP contribution is 2.56. The number of ether oxygens (including phenoxy) is 4. The number of hydrogen-bond acceptors (Lipinski definition) is 12. The maximum absolute atomic E-state index is 12.6. The van der Waals surface area contributed by atoms with Gasteiger partial charge in [0.05, 0.1) is 22.1 Å². The van der Waals surface area contributed by atoms with Crippen LogP contribution in [0.1, 0.15) is 149 Å². The van der Waals surface area contributed by atoms with Crippen molar-refractivity contribution in [1.82, 2.24) is 19.9 Å². The van der Waals surface area contributed by atoms with Crippen molar-refractivity contribution in [2.45, 2.75) is 105 Å². The minimum absolute atomic E-state index is 0.0178. The lowest BCUT2D eigenvalue weighted by Gasteiger charge is -2.31. The monoisotopic (exact) mass is 964 g/mol. The van der Waals surface area contributed by atoms with Crippen LogP contribution < -0.4 is 18.9 Å². The summed E-state index contributed by atoms with van der Waals surface area (Å²) in [6.07, 6.45) is 2.33. The fourth-order valence-electron chi connectivity index (χ4n) is 11.2. The average Bonchev–Trinajstić information content (AvgIpc) is 3.39. The molecule has 8 aromatic rings. The number of phenolic OH excluding ortho intramolecular Hbond substituents is 4. The van der Waals surface area contributed by atoms with Crippen molar-refractivity contribution < 1.29 is 39.4 Å². The molecule has 8 bridgehead atoms. The molecule has 0 amide bonds. The predicted octanol–water partition coefficient (Wildman–Crippen LogP) is 15.2. The molecular formula is C60H60N4O8. The predicted molar refractivity (Wildman–Crippen MR) is 277 cm³/mol. The van der Waals surface area contributed by atoms with Crippen LogP contribution in [0.25, 0.3) is 22.1 Å². The molecule has 6 aromatic carbocycles. The topological polar surface area (TPSA) is 169 Å². The van der Waals surface area contributed by atoms with Gasteiger partial charge in [0.15, 0.2) is 0 Å². The Balaban J connectivity index is 1.29. The third-order valence-corrected chi connectivity index (χ3v) is 14.3. The van der Waals surface area contributed by atoms with Crippen LogP contribution >= 0.6 is 0 Å². The van der Waals surface area contributed by atoms with Gasteiger partial charge in [-0.1, -0.05) is 79.7 Å². The summed E-state index contributed by atoms with van der Waals surface area (Å²) in [5.74, 6) is 0.394. The molecular weight excluding hydrogens is 905 g/mol. The van der Waals surface area contributed by atoms with Crippen LogP contribution in [-0.2, 0) is 0 Å². The van der Waals surface area contributed by atoms with Gasteiger partial charge in [0, 0.05) is 92.4 Å². The Morgan fingerprint density at radius 3 is 0.750 bits per heavy atom. The number of rotatable bonds is 8. The van der Waals surface area contributed by atoms with E-state index in [0.717, 1.165) is 22.3 Å². The lowest BCUT2D eigenvalue weighted by Crippen LogP contribution is -2.14. The zero-order valence-corrected chi connectivity index (χ0v) is 41.9. The second-order valence-corrected chi connectivity index (χ2v) is 21.6. The van der Waals surface area contributed by atoms with Gasteiger partial charge in [-0.3, -0.25) is 0 Å². The third kappa shape index (κ3) is 8.50. The van der Waals surface area contributed by atoms with Gasteiger partial charge in [-0.05, 0) is 97.9 Å². The molecule has 0 saturated heterocycles. The van der Waals surface area contributed by atoms with Crippen molar-refractivity contribution in [3.8, 4) is 69.5 Å². The Morgan fingerprint density at radius 2 is 0.542 bits per heavy atom. The number of aromatic nitrogens is 4. The number of para-hydroxylation sites is 4. The molecule has 72 heavy (non-hydrogen) atoms. The summed E-state index contributed by atoms with van der Waals surface area (Å²) in [7, 11) is 0. The Labute approximate surface area is 419 Å². The van der Waals surface area contributed by atoms with Crippen molar-refractivity contribution in [3.63, 3.8) is 0 Å². The van der Waals surface area contributed by atoms with E-state index in [2.05, 4.69) is 55.4 Å². The van der Waals surface area contributed by atoms with Gasteiger partial charge in [-0.25, -0.2) is 19.9 Å². The molecule has 2 aliphatic heterocycles. The number of phenols is 4. The molecule has 4 heterocycles. The normalized spacial score (nSPS) is 17.7. The number of hydrogen-bond donors (Lipinski definition) is 4. The fraction of sp³-hybridized carbons (Fsp3) is 0.333. The standard InChI is InChI=1S/C60H60N4O8/c1-29(2)17-33-37-21-41-35(19-31(5)6)43-23-39(51(67)27-55(43)71-59-57(69-53(41)25-49(37)65)61-45-13-9-11-15-47(45)63-59)34(18-30(3)4)40-24-44-36(20-32(7)8)42-22-38(33)50(66)26-54(42)70-58-60(72-56(44)28-52(40)68)64-48-16-12-10-14-46(48)62-58/h9-16,21-36,65-68H,17-20H2,1-8H3. The summed E-state index contributed by atoms with van der Waals surface area (Å²) in [5.41, 5.74) is 7.83. The van der Waals surface area contributed by atoms with E-state index >= 15 is 0 Å². The maximum Gasteiger partial charge on any atom is 0.284 e. The zero-order valence-electron chi connectivity index (χ0n) is 41.9. The van der Waals surface area contributed by atoms with Crippen LogP contribution in [0.2, 0.25) is 0 Å². The van der Waals surface area contributed by atoms with Crippen molar-refractivity contribution >= 4 is 22.1 Å². The van der Waals surface area contributed by atoms with Gasteiger partial charge >= 0.3 is 0 Å². The highest BCUT2D eigenvalue weighted by atomic mass is 16.5. The minimum atomic E-state index is -0.534. The molecule has 0 radical (unpaired) electrons. The van der Waals surface area contributed by atoms with Gasteiger partial charge in [-0.2, -0.15) is 0 Å². The molecule has 12 heteroatoms. The highest BCUT2D eigenvalue weighted by molar-refractivity contribution is 5.77. The molecule has 0 spiro atoms. The Hall–Kier alpha value is -7.60. The zero-order chi connectivity index (χ0) is 50.3. The van der Waals surface area contributed by atoms with E-state index in [1.807, 2.05) is 72.8 Å². The fourth-order valence-corrected chi connectivity index (χ4v) is 11.2. The molecule has 368 valence electrons. The van der Waals surface area contributed by atoms with Gasteiger partial charge in [0.2, 0.25) is 0 Å². The van der Waals surface area contributed by atoms with E-state index in [1.54, 1.807) is 24.3 Å². The number of benzene rings is 6. The SMILES string of the molecule is CC(C)CC1c2cc3c(cc2O)Oc2nc4ccccc4nc2Oc2cc(O)c(cc2C3CC(C)C)C(CC(C)C)c2cc3c(cc2O)Oc2nc4ccccc4nc2Oc2cc(O)c1cc2C3CC(C)C. The molecule has 12 nitrogen and oxygen atoms in total. The lowest BCUT2D eigenvalue weighted by atomic mass is 9.75. The quantitative estimate of drug-likeness (QED) is 0.114. The summed E-state index contributed by atoms with van der Waals surface area (Å²) >= 11 is 0. The van der Waals surface area contributed by atoms with Crippen molar-refractivity contribution in [3.05, 3.63) is 142 Å².